The molecule has 0 saturated carbocycles. The average Bonchev–Trinajstić information content (AvgIpc) is 3.56. The molecule has 0 unspecified atom stereocenters. The van der Waals surface area contributed by atoms with Crippen LogP contribution in [0.1, 0.15) is 66.1 Å². The first kappa shape index (κ1) is 24.0. The normalized spacial score (nSPS) is 11.1. The molecule has 0 saturated heterocycles. The van der Waals surface area contributed by atoms with Gasteiger partial charge in [0.05, 0.1) is 17.3 Å². The zero-order chi connectivity index (χ0) is 25.2. The zero-order valence-electron chi connectivity index (χ0n) is 20.0. The molecule has 0 aliphatic rings. The van der Waals surface area contributed by atoms with Gasteiger partial charge in [-0.1, -0.05) is 71.8 Å². The van der Waals surface area contributed by atoms with Crippen molar-refractivity contribution in [3.8, 4) is 0 Å². The third-order valence-corrected chi connectivity index (χ3v) is 7.08. The first-order valence-corrected chi connectivity index (χ1v) is 12.8. The highest BCUT2D eigenvalue weighted by Gasteiger charge is 2.23. The van der Waals surface area contributed by atoms with E-state index < -0.39 is 0 Å². The van der Waals surface area contributed by atoms with E-state index in [0.29, 0.717) is 22.5 Å². The quantitative estimate of drug-likeness (QED) is 0.157. The van der Waals surface area contributed by atoms with Crippen molar-refractivity contribution in [2.45, 2.75) is 19.8 Å². The molecule has 0 aliphatic carbocycles. The van der Waals surface area contributed by atoms with Crippen molar-refractivity contribution in [1.29, 1.82) is 0 Å². The van der Waals surface area contributed by atoms with E-state index in [0.717, 1.165) is 31.6 Å². The molecule has 178 valence electrons. The van der Waals surface area contributed by atoms with Crippen LogP contribution in [0.2, 0.25) is 0 Å². The van der Waals surface area contributed by atoms with E-state index in [-0.39, 0.29) is 17.5 Å². The lowest BCUT2D eigenvalue weighted by Gasteiger charge is -2.16. The number of aromatic nitrogens is 2. The van der Waals surface area contributed by atoms with Gasteiger partial charge in [-0.3, -0.25) is 9.59 Å². The van der Waals surface area contributed by atoms with E-state index >= 15 is 0 Å². The SMILES string of the molecule is Cc1ccc(C(=O)c2ccc(C(c3ccc(I)cc3)c3ccc(C(=O)c4ccc(C)cc4)[nH]3)[nH]2)cc1. The van der Waals surface area contributed by atoms with Crippen LogP contribution < -0.4 is 0 Å². The molecule has 2 heterocycles. The van der Waals surface area contributed by atoms with Gasteiger partial charge in [-0.2, -0.15) is 0 Å². The van der Waals surface area contributed by atoms with Crippen molar-refractivity contribution in [3.05, 3.63) is 151 Å². The highest BCUT2D eigenvalue weighted by Crippen LogP contribution is 2.32. The maximum absolute atomic E-state index is 13.1. The van der Waals surface area contributed by atoms with Crippen LogP contribution in [0.4, 0.5) is 0 Å². The number of rotatable bonds is 7. The lowest BCUT2D eigenvalue weighted by atomic mass is 9.93. The molecule has 0 atom stereocenters. The van der Waals surface area contributed by atoms with Crippen molar-refractivity contribution >= 4 is 34.2 Å². The number of hydrogen-bond donors (Lipinski definition) is 2. The molecule has 3 aromatic carbocycles. The van der Waals surface area contributed by atoms with Crippen LogP contribution >= 0.6 is 22.6 Å². The van der Waals surface area contributed by atoms with E-state index in [1.54, 1.807) is 0 Å². The van der Waals surface area contributed by atoms with Gasteiger partial charge >= 0.3 is 0 Å². The molecule has 0 aliphatic heterocycles. The average molecular weight is 584 g/mol. The zero-order valence-corrected chi connectivity index (χ0v) is 22.2. The molecule has 0 spiro atoms. The summed E-state index contributed by atoms with van der Waals surface area (Å²) in [6, 6.07) is 31.0. The first-order valence-electron chi connectivity index (χ1n) is 11.7. The first-order chi connectivity index (χ1) is 17.4. The fraction of sp³-hybridized carbons (Fsp3) is 0.0968. The van der Waals surface area contributed by atoms with E-state index in [2.05, 4.69) is 56.8 Å². The predicted molar refractivity (Wildman–Crippen MR) is 151 cm³/mol. The number of halogens is 1. The minimum Gasteiger partial charge on any atom is -0.355 e. The minimum atomic E-state index is -0.193. The Morgan fingerprint density at radius 1 is 0.583 bits per heavy atom. The Morgan fingerprint density at radius 3 is 1.42 bits per heavy atom. The number of carbonyl (C=O) groups excluding carboxylic acids is 2. The summed E-state index contributed by atoms with van der Waals surface area (Å²) in [4.78, 5) is 32.9. The lowest BCUT2D eigenvalue weighted by molar-refractivity contribution is 0.102. The van der Waals surface area contributed by atoms with Gasteiger partial charge in [-0.05, 0) is 78.4 Å². The van der Waals surface area contributed by atoms with Crippen molar-refractivity contribution in [3.63, 3.8) is 0 Å². The largest absolute Gasteiger partial charge is 0.355 e. The second-order valence-electron chi connectivity index (χ2n) is 9.03. The molecule has 36 heavy (non-hydrogen) atoms. The van der Waals surface area contributed by atoms with Gasteiger partial charge in [-0.25, -0.2) is 0 Å². The minimum absolute atomic E-state index is 0.0515. The van der Waals surface area contributed by atoms with Crippen LogP contribution in [0.25, 0.3) is 0 Å². The van der Waals surface area contributed by atoms with Crippen LogP contribution in [0.5, 0.6) is 0 Å². The van der Waals surface area contributed by atoms with Crippen LogP contribution in [-0.2, 0) is 0 Å². The summed E-state index contributed by atoms with van der Waals surface area (Å²) in [5, 5.41) is 0. The Hall–Kier alpha value is -3.71. The van der Waals surface area contributed by atoms with Crippen LogP contribution in [0.15, 0.2) is 97.1 Å². The molecule has 4 nitrogen and oxygen atoms in total. The number of H-pyrrole nitrogens is 2. The number of ketones is 2. The molecule has 0 bridgehead atoms. The number of benzene rings is 3. The standard InChI is InChI=1S/C31H25IN2O2/c1-19-3-7-22(8-4-19)30(35)27-17-15-25(33-27)29(21-11-13-24(32)14-12-21)26-16-18-28(34-26)31(36)23-9-5-20(2)6-10-23/h3-18,29,33-34H,1-2H3. The molecule has 0 fully saturated rings. The topological polar surface area (TPSA) is 65.7 Å². The molecular formula is C31H25IN2O2. The summed E-state index contributed by atoms with van der Waals surface area (Å²) in [6.07, 6.45) is 0. The molecular weight excluding hydrogens is 559 g/mol. The monoisotopic (exact) mass is 584 g/mol. The summed E-state index contributed by atoms with van der Waals surface area (Å²) in [7, 11) is 0. The molecule has 2 aromatic heterocycles. The second kappa shape index (κ2) is 10.1. The van der Waals surface area contributed by atoms with Crippen LogP contribution in [0.3, 0.4) is 0 Å². The summed E-state index contributed by atoms with van der Waals surface area (Å²) in [6.45, 7) is 4.00. The lowest BCUT2D eigenvalue weighted by Crippen LogP contribution is -2.08. The predicted octanol–water partition coefficient (Wildman–Crippen LogP) is 7.21. The highest BCUT2D eigenvalue weighted by molar-refractivity contribution is 14.1. The molecule has 0 radical (unpaired) electrons. The maximum atomic E-state index is 13.1. The fourth-order valence-corrected chi connectivity index (χ4v) is 4.69. The van der Waals surface area contributed by atoms with Gasteiger partial charge in [0.2, 0.25) is 11.6 Å². The van der Waals surface area contributed by atoms with Crippen molar-refractivity contribution in [1.82, 2.24) is 9.97 Å². The molecule has 5 aromatic rings. The van der Waals surface area contributed by atoms with E-state index in [1.807, 2.05) is 86.6 Å². The fourth-order valence-electron chi connectivity index (χ4n) is 4.33. The Kier molecular flexibility index (Phi) is 6.74. The third kappa shape index (κ3) is 4.97. The van der Waals surface area contributed by atoms with Crippen molar-refractivity contribution < 1.29 is 9.59 Å². The number of carbonyl (C=O) groups is 2. The number of aromatic amines is 2. The number of aryl methyl sites for hydroxylation is 2. The molecule has 2 N–H and O–H groups in total. The van der Waals surface area contributed by atoms with Gasteiger partial charge in [0.15, 0.2) is 0 Å². The molecule has 5 rings (SSSR count). The van der Waals surface area contributed by atoms with E-state index in [4.69, 9.17) is 0 Å². The van der Waals surface area contributed by atoms with Gasteiger partial charge in [0.25, 0.3) is 0 Å². The summed E-state index contributed by atoms with van der Waals surface area (Å²) in [5.74, 6) is -0.296. The van der Waals surface area contributed by atoms with Gasteiger partial charge in [0.1, 0.15) is 0 Å². The molecule has 0 amide bonds. The van der Waals surface area contributed by atoms with Gasteiger partial charge < -0.3 is 9.97 Å². The van der Waals surface area contributed by atoms with Gasteiger partial charge in [-0.15, -0.1) is 0 Å². The van der Waals surface area contributed by atoms with Crippen molar-refractivity contribution in [2.75, 3.05) is 0 Å². The third-order valence-electron chi connectivity index (χ3n) is 6.36. The van der Waals surface area contributed by atoms with E-state index in [1.165, 1.54) is 0 Å². The van der Waals surface area contributed by atoms with Crippen LogP contribution in [0, 0.1) is 17.4 Å². The second-order valence-corrected chi connectivity index (χ2v) is 10.3. The summed E-state index contributed by atoms with van der Waals surface area (Å²) in [5.41, 5.74) is 7.39. The summed E-state index contributed by atoms with van der Waals surface area (Å²) >= 11 is 2.29. The molecule has 5 heteroatoms. The Balaban J connectivity index is 1.51. The number of hydrogen-bond acceptors (Lipinski definition) is 2. The highest BCUT2D eigenvalue weighted by atomic mass is 127. The van der Waals surface area contributed by atoms with Crippen LogP contribution in [-0.4, -0.2) is 21.5 Å². The van der Waals surface area contributed by atoms with Crippen molar-refractivity contribution in [2.24, 2.45) is 0 Å². The maximum Gasteiger partial charge on any atom is 0.209 e. The number of nitrogens with one attached hydrogen (secondary N) is 2. The van der Waals surface area contributed by atoms with Gasteiger partial charge in [0, 0.05) is 26.1 Å². The smallest absolute Gasteiger partial charge is 0.209 e. The van der Waals surface area contributed by atoms with E-state index in [9.17, 15) is 9.59 Å². The Morgan fingerprint density at radius 2 is 1.00 bits per heavy atom. The Bertz CT molecular complexity index is 1430. The Labute approximate surface area is 223 Å². The summed E-state index contributed by atoms with van der Waals surface area (Å²) < 4.78 is 1.14.